The molecule has 2 atom stereocenters. The van der Waals surface area contributed by atoms with Crippen LogP contribution in [0, 0.1) is 11.3 Å². The molecule has 1 aliphatic heterocycles. The van der Waals surface area contributed by atoms with Gasteiger partial charge in [0.05, 0.1) is 6.61 Å². The van der Waals surface area contributed by atoms with Crippen molar-refractivity contribution in [3.8, 4) is 0 Å². The van der Waals surface area contributed by atoms with Crippen LogP contribution in [0.2, 0.25) is 0 Å². The highest BCUT2D eigenvalue weighted by atomic mass is 16.5. The Morgan fingerprint density at radius 1 is 1.50 bits per heavy atom. The van der Waals surface area contributed by atoms with Gasteiger partial charge in [0.25, 0.3) is 0 Å². The Morgan fingerprint density at radius 2 is 2.25 bits per heavy atom. The predicted octanol–water partition coefficient (Wildman–Crippen LogP) is 0.919. The normalized spacial score (nSPS) is 40.9. The molecule has 0 radical (unpaired) electrons. The van der Waals surface area contributed by atoms with Gasteiger partial charge in [0, 0.05) is 12.3 Å². The lowest BCUT2D eigenvalue weighted by Gasteiger charge is -2.20. The first-order chi connectivity index (χ1) is 5.68. The molecule has 3 nitrogen and oxygen atoms in total. The molecular weight excluding hydrogens is 156 g/mol. The second-order valence-corrected chi connectivity index (χ2v) is 3.75. The minimum absolute atomic E-state index is 0.0833. The second-order valence-electron chi connectivity index (χ2n) is 3.75. The van der Waals surface area contributed by atoms with Crippen molar-refractivity contribution >= 4 is 11.8 Å². The van der Waals surface area contributed by atoms with Crippen LogP contribution < -0.4 is 0 Å². The summed E-state index contributed by atoms with van der Waals surface area (Å²) in [5, 5.41) is 0. The molecule has 2 fully saturated rings. The van der Waals surface area contributed by atoms with Gasteiger partial charge in [0.15, 0.2) is 5.78 Å². The molecule has 1 aliphatic carbocycles. The van der Waals surface area contributed by atoms with Crippen molar-refractivity contribution in [1.29, 1.82) is 0 Å². The van der Waals surface area contributed by atoms with Crippen LogP contribution in [0.25, 0.3) is 0 Å². The molecule has 0 bridgehead atoms. The number of hydrogen-bond acceptors (Lipinski definition) is 3. The number of rotatable bonds is 0. The van der Waals surface area contributed by atoms with Crippen LogP contribution in [-0.2, 0) is 14.3 Å². The van der Waals surface area contributed by atoms with Crippen molar-refractivity contribution < 1.29 is 14.3 Å². The molecule has 0 amide bonds. The van der Waals surface area contributed by atoms with E-state index in [1.54, 1.807) is 0 Å². The summed E-state index contributed by atoms with van der Waals surface area (Å²) in [6.45, 7) is 2.35. The molecule has 0 unspecified atom stereocenters. The van der Waals surface area contributed by atoms with Gasteiger partial charge in [-0.05, 0) is 12.8 Å². The molecule has 1 spiro atoms. The third-order valence-electron chi connectivity index (χ3n) is 3.14. The number of Topliss-reactive ketones (excluding diaryl/α,β-unsaturated/α-hetero) is 1. The Morgan fingerprint density at radius 3 is 2.67 bits per heavy atom. The maximum absolute atomic E-state index is 11.5. The Labute approximate surface area is 71.1 Å². The summed E-state index contributed by atoms with van der Waals surface area (Å²) in [6.07, 6.45) is 2.10. The fourth-order valence-corrected chi connectivity index (χ4v) is 2.30. The van der Waals surface area contributed by atoms with Crippen molar-refractivity contribution in [2.24, 2.45) is 11.3 Å². The summed E-state index contributed by atoms with van der Waals surface area (Å²) in [5.41, 5.74) is -0.736. The van der Waals surface area contributed by atoms with Gasteiger partial charge in [0.1, 0.15) is 5.41 Å². The maximum Gasteiger partial charge on any atom is 0.320 e. The molecule has 2 aliphatic rings. The van der Waals surface area contributed by atoms with E-state index in [4.69, 9.17) is 4.74 Å². The minimum atomic E-state index is -0.736. The molecule has 66 valence electrons. The highest BCUT2D eigenvalue weighted by Crippen LogP contribution is 2.46. The number of esters is 1. The van der Waals surface area contributed by atoms with E-state index in [1.165, 1.54) is 0 Å². The van der Waals surface area contributed by atoms with Crippen LogP contribution in [0.5, 0.6) is 0 Å². The standard InChI is InChI=1S/C9H12O3/c1-6-5-12-8(11)9(6)4-2-3-7(9)10/h6H,2-5H2,1H3/t6-,9-/m0/s1. The van der Waals surface area contributed by atoms with Crippen LogP contribution in [-0.4, -0.2) is 18.4 Å². The van der Waals surface area contributed by atoms with Crippen LogP contribution >= 0.6 is 0 Å². The number of carbonyl (C=O) groups is 2. The highest BCUT2D eigenvalue weighted by molar-refractivity contribution is 6.06. The second kappa shape index (κ2) is 2.31. The van der Waals surface area contributed by atoms with Crippen molar-refractivity contribution in [1.82, 2.24) is 0 Å². The molecule has 3 heteroatoms. The summed E-state index contributed by atoms with van der Waals surface area (Å²) >= 11 is 0. The van der Waals surface area contributed by atoms with Crippen molar-refractivity contribution in [3.05, 3.63) is 0 Å². The third-order valence-corrected chi connectivity index (χ3v) is 3.14. The fourth-order valence-electron chi connectivity index (χ4n) is 2.30. The van der Waals surface area contributed by atoms with Crippen molar-refractivity contribution in [2.45, 2.75) is 26.2 Å². The first-order valence-corrected chi connectivity index (χ1v) is 4.38. The van der Waals surface area contributed by atoms with E-state index >= 15 is 0 Å². The van der Waals surface area contributed by atoms with Crippen LogP contribution in [0.15, 0.2) is 0 Å². The van der Waals surface area contributed by atoms with Crippen LogP contribution in [0.4, 0.5) is 0 Å². The quantitative estimate of drug-likeness (QED) is 0.399. The largest absolute Gasteiger partial charge is 0.465 e. The Hall–Kier alpha value is -0.860. The van der Waals surface area contributed by atoms with Crippen molar-refractivity contribution in [2.75, 3.05) is 6.61 Å². The third kappa shape index (κ3) is 0.713. The average molecular weight is 168 g/mol. The molecule has 1 saturated carbocycles. The van der Waals surface area contributed by atoms with Crippen molar-refractivity contribution in [3.63, 3.8) is 0 Å². The van der Waals surface area contributed by atoms with Gasteiger partial charge in [-0.25, -0.2) is 0 Å². The zero-order chi connectivity index (χ0) is 8.77. The summed E-state index contributed by atoms with van der Waals surface area (Å²) in [4.78, 5) is 22.9. The number of cyclic esters (lactones) is 1. The van der Waals surface area contributed by atoms with Gasteiger partial charge in [-0.3, -0.25) is 9.59 Å². The lowest BCUT2D eigenvalue weighted by molar-refractivity contribution is -0.150. The first-order valence-electron chi connectivity index (χ1n) is 4.38. The van der Waals surface area contributed by atoms with Gasteiger partial charge in [-0.1, -0.05) is 6.92 Å². The minimum Gasteiger partial charge on any atom is -0.465 e. The molecule has 0 aromatic heterocycles. The molecule has 12 heavy (non-hydrogen) atoms. The van der Waals surface area contributed by atoms with E-state index in [0.29, 0.717) is 19.4 Å². The lowest BCUT2D eigenvalue weighted by Crippen LogP contribution is -2.35. The molecule has 0 N–H and O–H groups in total. The van der Waals surface area contributed by atoms with E-state index in [0.717, 1.165) is 6.42 Å². The molecular formula is C9H12O3. The number of ether oxygens (including phenoxy) is 1. The van der Waals surface area contributed by atoms with Crippen LogP contribution in [0.3, 0.4) is 0 Å². The summed E-state index contributed by atoms with van der Waals surface area (Å²) in [5.74, 6) is -0.102. The summed E-state index contributed by atoms with van der Waals surface area (Å²) < 4.78 is 4.91. The Kier molecular flexibility index (Phi) is 1.50. The summed E-state index contributed by atoms with van der Waals surface area (Å²) in [7, 11) is 0. The molecule has 1 saturated heterocycles. The molecule has 0 aromatic rings. The summed E-state index contributed by atoms with van der Waals surface area (Å²) in [6, 6.07) is 0. The smallest absolute Gasteiger partial charge is 0.320 e. The van der Waals surface area contributed by atoms with E-state index in [9.17, 15) is 9.59 Å². The van der Waals surface area contributed by atoms with E-state index in [1.807, 2.05) is 6.92 Å². The van der Waals surface area contributed by atoms with E-state index in [-0.39, 0.29) is 17.7 Å². The van der Waals surface area contributed by atoms with E-state index < -0.39 is 5.41 Å². The Balaban J connectivity index is 2.39. The fraction of sp³-hybridized carbons (Fsp3) is 0.778. The average Bonchev–Trinajstić information content (AvgIpc) is 2.53. The number of carbonyl (C=O) groups excluding carboxylic acids is 2. The zero-order valence-corrected chi connectivity index (χ0v) is 7.13. The van der Waals surface area contributed by atoms with Gasteiger partial charge >= 0.3 is 5.97 Å². The van der Waals surface area contributed by atoms with Gasteiger partial charge in [0.2, 0.25) is 0 Å². The first kappa shape index (κ1) is 7.77. The lowest BCUT2D eigenvalue weighted by atomic mass is 9.76. The molecule has 2 rings (SSSR count). The van der Waals surface area contributed by atoms with Gasteiger partial charge in [-0.2, -0.15) is 0 Å². The van der Waals surface area contributed by atoms with E-state index in [2.05, 4.69) is 0 Å². The number of hydrogen-bond donors (Lipinski definition) is 0. The maximum atomic E-state index is 11.5. The van der Waals surface area contributed by atoms with Gasteiger partial charge < -0.3 is 4.74 Å². The SMILES string of the molecule is C[C@H]1COC(=O)[C@@]12CCCC2=O. The Bertz CT molecular complexity index is 236. The predicted molar refractivity (Wildman–Crippen MR) is 41.4 cm³/mol. The monoisotopic (exact) mass is 168 g/mol. The van der Waals surface area contributed by atoms with Gasteiger partial charge in [-0.15, -0.1) is 0 Å². The molecule has 1 heterocycles. The van der Waals surface area contributed by atoms with Crippen LogP contribution in [0.1, 0.15) is 26.2 Å². The number of ketones is 1. The topological polar surface area (TPSA) is 43.4 Å². The molecule has 0 aromatic carbocycles. The highest BCUT2D eigenvalue weighted by Gasteiger charge is 2.57. The zero-order valence-electron chi connectivity index (χ0n) is 7.13.